The standard InChI is InChI=1S/C23H36N6O3/c1-17(2)22-26-21(32-27-22)7-6-10-25-23(24-3)29-13-11-28(12-14-29)16-18-15-19(30-4)8-9-20(18)31-5/h8-9,15,17H,6-7,10-14,16H2,1-5H3,(H,24,25). The van der Waals surface area contributed by atoms with E-state index in [1.165, 1.54) is 0 Å². The minimum atomic E-state index is 0.285. The molecule has 0 radical (unpaired) electrons. The van der Waals surface area contributed by atoms with Crippen LogP contribution in [0.25, 0.3) is 0 Å². The molecule has 32 heavy (non-hydrogen) atoms. The molecule has 1 fully saturated rings. The fourth-order valence-corrected chi connectivity index (χ4v) is 3.74. The number of guanidine groups is 1. The van der Waals surface area contributed by atoms with E-state index in [0.29, 0.717) is 5.89 Å². The number of piperazine rings is 1. The van der Waals surface area contributed by atoms with Crippen LogP contribution in [0.15, 0.2) is 27.7 Å². The molecule has 0 bridgehead atoms. The summed E-state index contributed by atoms with van der Waals surface area (Å²) in [6, 6.07) is 5.95. The van der Waals surface area contributed by atoms with Crippen LogP contribution in [0.3, 0.4) is 0 Å². The van der Waals surface area contributed by atoms with Crippen molar-refractivity contribution >= 4 is 5.96 Å². The maximum absolute atomic E-state index is 5.53. The molecule has 0 atom stereocenters. The monoisotopic (exact) mass is 444 g/mol. The maximum Gasteiger partial charge on any atom is 0.226 e. The van der Waals surface area contributed by atoms with E-state index in [1.807, 2.05) is 19.2 Å². The molecular weight excluding hydrogens is 408 g/mol. The molecule has 1 aromatic carbocycles. The van der Waals surface area contributed by atoms with Gasteiger partial charge in [-0.25, -0.2) is 0 Å². The van der Waals surface area contributed by atoms with Crippen molar-refractivity contribution < 1.29 is 14.0 Å². The highest BCUT2D eigenvalue weighted by molar-refractivity contribution is 5.79. The summed E-state index contributed by atoms with van der Waals surface area (Å²) in [5, 5.41) is 7.49. The second kappa shape index (κ2) is 11.7. The van der Waals surface area contributed by atoms with Gasteiger partial charge in [0.2, 0.25) is 5.89 Å². The van der Waals surface area contributed by atoms with Crippen molar-refractivity contribution in [3.63, 3.8) is 0 Å². The second-order valence-electron chi connectivity index (χ2n) is 8.22. The number of nitrogens with zero attached hydrogens (tertiary/aromatic N) is 5. The molecule has 3 rings (SSSR count). The molecule has 1 N–H and O–H groups in total. The molecule has 1 aliphatic heterocycles. The van der Waals surface area contributed by atoms with E-state index >= 15 is 0 Å². The molecule has 0 aliphatic carbocycles. The van der Waals surface area contributed by atoms with Crippen LogP contribution in [0.4, 0.5) is 0 Å². The van der Waals surface area contributed by atoms with Crippen molar-refractivity contribution in [1.29, 1.82) is 0 Å². The molecular formula is C23H36N6O3. The van der Waals surface area contributed by atoms with Gasteiger partial charge in [-0.05, 0) is 24.6 Å². The normalized spacial score (nSPS) is 15.3. The summed E-state index contributed by atoms with van der Waals surface area (Å²) >= 11 is 0. The maximum atomic E-state index is 5.53. The summed E-state index contributed by atoms with van der Waals surface area (Å²) in [5.41, 5.74) is 1.14. The summed E-state index contributed by atoms with van der Waals surface area (Å²) in [7, 11) is 5.23. The molecule has 176 valence electrons. The fourth-order valence-electron chi connectivity index (χ4n) is 3.74. The Kier molecular flexibility index (Phi) is 8.72. The van der Waals surface area contributed by atoms with Crippen LogP contribution < -0.4 is 14.8 Å². The lowest BCUT2D eigenvalue weighted by Crippen LogP contribution is -2.52. The van der Waals surface area contributed by atoms with Gasteiger partial charge in [0, 0.05) is 64.2 Å². The van der Waals surface area contributed by atoms with Gasteiger partial charge in [0.25, 0.3) is 0 Å². The Morgan fingerprint density at radius 2 is 1.97 bits per heavy atom. The molecule has 9 heteroatoms. The molecule has 1 aliphatic rings. The van der Waals surface area contributed by atoms with Crippen molar-refractivity contribution in [2.45, 2.75) is 39.2 Å². The fraction of sp³-hybridized carbons (Fsp3) is 0.609. The zero-order valence-electron chi connectivity index (χ0n) is 19.9. The Hall–Kier alpha value is -2.81. The Morgan fingerprint density at radius 3 is 2.59 bits per heavy atom. The molecule has 9 nitrogen and oxygen atoms in total. The quantitative estimate of drug-likeness (QED) is 0.359. The molecule has 1 saturated heterocycles. The van der Waals surface area contributed by atoms with E-state index in [2.05, 4.69) is 50.2 Å². The molecule has 0 spiro atoms. The predicted molar refractivity (Wildman–Crippen MR) is 124 cm³/mol. The number of ether oxygens (including phenoxy) is 2. The molecule has 0 amide bonds. The van der Waals surface area contributed by atoms with Gasteiger partial charge >= 0.3 is 0 Å². The van der Waals surface area contributed by atoms with E-state index in [0.717, 1.165) is 81.0 Å². The third-order valence-electron chi connectivity index (χ3n) is 5.62. The summed E-state index contributed by atoms with van der Waals surface area (Å²) in [5.74, 6) is 4.45. The smallest absolute Gasteiger partial charge is 0.226 e. The Bertz CT molecular complexity index is 874. The van der Waals surface area contributed by atoms with Crippen molar-refractivity contribution in [2.75, 3.05) is 54.0 Å². The zero-order chi connectivity index (χ0) is 22.9. The third-order valence-corrected chi connectivity index (χ3v) is 5.62. The van der Waals surface area contributed by atoms with Crippen LogP contribution in [-0.2, 0) is 13.0 Å². The molecule has 1 aromatic heterocycles. The number of rotatable bonds is 9. The van der Waals surface area contributed by atoms with Gasteiger partial charge in [-0.1, -0.05) is 19.0 Å². The molecule has 0 saturated carbocycles. The van der Waals surface area contributed by atoms with Crippen LogP contribution in [0, 0.1) is 0 Å². The lowest BCUT2D eigenvalue weighted by molar-refractivity contribution is 0.171. The van der Waals surface area contributed by atoms with Gasteiger partial charge < -0.3 is 24.2 Å². The highest BCUT2D eigenvalue weighted by Crippen LogP contribution is 2.25. The number of nitrogens with one attached hydrogen (secondary N) is 1. The average molecular weight is 445 g/mol. The largest absolute Gasteiger partial charge is 0.497 e. The summed E-state index contributed by atoms with van der Waals surface area (Å²) in [4.78, 5) is 13.6. The Balaban J connectivity index is 1.43. The van der Waals surface area contributed by atoms with Crippen LogP contribution in [0.5, 0.6) is 11.5 Å². The summed E-state index contributed by atoms with van der Waals surface area (Å²) in [6.45, 7) is 9.54. The van der Waals surface area contributed by atoms with Crippen LogP contribution >= 0.6 is 0 Å². The van der Waals surface area contributed by atoms with Crippen molar-refractivity contribution in [3.05, 3.63) is 35.5 Å². The number of methoxy groups -OCH3 is 2. The van der Waals surface area contributed by atoms with Crippen molar-refractivity contribution in [1.82, 2.24) is 25.3 Å². The first kappa shape index (κ1) is 23.8. The number of hydrogen-bond donors (Lipinski definition) is 1. The van der Waals surface area contributed by atoms with Gasteiger partial charge in [-0.3, -0.25) is 9.89 Å². The molecule has 0 unspecified atom stereocenters. The first-order valence-corrected chi connectivity index (χ1v) is 11.2. The number of hydrogen-bond acceptors (Lipinski definition) is 7. The highest BCUT2D eigenvalue weighted by atomic mass is 16.5. The first-order chi connectivity index (χ1) is 15.5. The van der Waals surface area contributed by atoms with Gasteiger partial charge in [-0.15, -0.1) is 0 Å². The molecule has 2 heterocycles. The number of aromatic nitrogens is 2. The van der Waals surface area contributed by atoms with Gasteiger partial charge in [0.1, 0.15) is 11.5 Å². The van der Waals surface area contributed by atoms with Crippen LogP contribution in [0.1, 0.15) is 43.5 Å². The minimum absolute atomic E-state index is 0.285. The highest BCUT2D eigenvalue weighted by Gasteiger charge is 2.21. The lowest BCUT2D eigenvalue weighted by atomic mass is 10.1. The summed E-state index contributed by atoms with van der Waals surface area (Å²) < 4.78 is 16.2. The number of aliphatic imine (C=N–C) groups is 1. The van der Waals surface area contributed by atoms with Crippen LogP contribution in [0.2, 0.25) is 0 Å². The minimum Gasteiger partial charge on any atom is -0.497 e. The topological polar surface area (TPSA) is 88.2 Å². The SMILES string of the molecule is CN=C(NCCCc1nc(C(C)C)no1)N1CCN(Cc2cc(OC)ccc2OC)CC1. The van der Waals surface area contributed by atoms with Gasteiger partial charge in [-0.2, -0.15) is 4.98 Å². The summed E-state index contributed by atoms with van der Waals surface area (Å²) in [6.07, 6.45) is 1.67. The van der Waals surface area contributed by atoms with E-state index < -0.39 is 0 Å². The van der Waals surface area contributed by atoms with E-state index in [1.54, 1.807) is 14.2 Å². The second-order valence-corrected chi connectivity index (χ2v) is 8.22. The Labute approximate surface area is 190 Å². The van der Waals surface area contributed by atoms with E-state index in [-0.39, 0.29) is 5.92 Å². The van der Waals surface area contributed by atoms with Crippen LogP contribution in [-0.4, -0.2) is 79.9 Å². The third kappa shape index (κ3) is 6.35. The zero-order valence-corrected chi connectivity index (χ0v) is 19.9. The lowest BCUT2D eigenvalue weighted by Gasteiger charge is -2.36. The average Bonchev–Trinajstić information content (AvgIpc) is 3.29. The number of aryl methyl sites for hydroxylation is 1. The number of benzene rings is 1. The van der Waals surface area contributed by atoms with Crippen molar-refractivity contribution in [2.24, 2.45) is 4.99 Å². The van der Waals surface area contributed by atoms with Crippen molar-refractivity contribution in [3.8, 4) is 11.5 Å². The van der Waals surface area contributed by atoms with Gasteiger partial charge in [0.15, 0.2) is 11.8 Å². The Morgan fingerprint density at radius 1 is 1.19 bits per heavy atom. The van der Waals surface area contributed by atoms with E-state index in [9.17, 15) is 0 Å². The molecule has 2 aromatic rings. The van der Waals surface area contributed by atoms with E-state index in [4.69, 9.17) is 14.0 Å². The first-order valence-electron chi connectivity index (χ1n) is 11.2. The van der Waals surface area contributed by atoms with Gasteiger partial charge in [0.05, 0.1) is 14.2 Å². The predicted octanol–water partition coefficient (Wildman–Crippen LogP) is 2.54.